The molecule has 2 heterocycles. The fourth-order valence-electron chi connectivity index (χ4n) is 2.31. The maximum absolute atomic E-state index is 11.6. The molecular formula is C23H24O14. The number of furan rings is 2. The molecule has 0 unspecified atom stereocenters. The average molecular weight is 524 g/mol. The van der Waals surface area contributed by atoms with E-state index in [2.05, 4.69) is 18.9 Å². The van der Waals surface area contributed by atoms with Gasteiger partial charge in [-0.2, -0.15) is 0 Å². The van der Waals surface area contributed by atoms with E-state index in [0.29, 0.717) is 11.5 Å². The minimum Gasteiger partial charge on any atom is -0.466 e. The number of rotatable bonds is 16. The van der Waals surface area contributed by atoms with Crippen LogP contribution in [0.4, 0.5) is 0 Å². The third-order valence-corrected chi connectivity index (χ3v) is 4.12. The van der Waals surface area contributed by atoms with Gasteiger partial charge in [-0.25, -0.2) is 9.59 Å². The van der Waals surface area contributed by atoms with Gasteiger partial charge in [-0.3, -0.25) is 19.2 Å². The molecule has 14 nitrogen and oxygen atoms in total. The van der Waals surface area contributed by atoms with E-state index in [-0.39, 0.29) is 38.9 Å². The SMILES string of the molecule is O=C(CCC(=O)OCc1ccco1)OCC(=O)OCOC(=O)COC(=O)CCC(=O)OCc1ccco1. The Morgan fingerprint density at radius 3 is 1.24 bits per heavy atom. The van der Waals surface area contributed by atoms with Crippen LogP contribution in [0.25, 0.3) is 0 Å². The van der Waals surface area contributed by atoms with Crippen LogP contribution in [0, 0.1) is 0 Å². The first-order chi connectivity index (χ1) is 17.8. The zero-order valence-corrected chi connectivity index (χ0v) is 19.5. The lowest BCUT2D eigenvalue weighted by atomic mass is 10.3. The van der Waals surface area contributed by atoms with Crippen LogP contribution in [0.1, 0.15) is 37.2 Å². The average Bonchev–Trinajstić information content (AvgIpc) is 3.60. The van der Waals surface area contributed by atoms with E-state index in [1.807, 2.05) is 0 Å². The summed E-state index contributed by atoms with van der Waals surface area (Å²) in [4.78, 5) is 69.3. The molecule has 0 aliphatic heterocycles. The Labute approximate surface area is 209 Å². The summed E-state index contributed by atoms with van der Waals surface area (Å²) in [5, 5.41) is 0. The van der Waals surface area contributed by atoms with Gasteiger partial charge in [0.15, 0.2) is 13.2 Å². The van der Waals surface area contributed by atoms with Crippen molar-refractivity contribution >= 4 is 35.8 Å². The maximum Gasteiger partial charge on any atom is 0.347 e. The molecular weight excluding hydrogens is 500 g/mol. The van der Waals surface area contributed by atoms with E-state index in [0.717, 1.165) is 0 Å². The van der Waals surface area contributed by atoms with Crippen molar-refractivity contribution in [1.29, 1.82) is 0 Å². The molecule has 200 valence electrons. The van der Waals surface area contributed by atoms with Crippen molar-refractivity contribution in [2.75, 3.05) is 20.0 Å². The molecule has 0 fully saturated rings. The summed E-state index contributed by atoms with van der Waals surface area (Å²) in [6.07, 6.45) is 1.65. The Kier molecular flexibility index (Phi) is 12.5. The summed E-state index contributed by atoms with van der Waals surface area (Å²) in [5.74, 6) is -4.17. The van der Waals surface area contributed by atoms with Crippen LogP contribution >= 0.6 is 0 Å². The van der Waals surface area contributed by atoms with Gasteiger partial charge in [0, 0.05) is 0 Å². The molecule has 0 aliphatic carbocycles. The molecule has 0 atom stereocenters. The van der Waals surface area contributed by atoms with Gasteiger partial charge in [-0.1, -0.05) is 0 Å². The second-order valence-corrected chi connectivity index (χ2v) is 6.95. The van der Waals surface area contributed by atoms with Crippen molar-refractivity contribution in [2.24, 2.45) is 0 Å². The highest BCUT2D eigenvalue weighted by Gasteiger charge is 2.15. The van der Waals surface area contributed by atoms with Crippen molar-refractivity contribution in [3.8, 4) is 0 Å². The first-order valence-electron chi connectivity index (χ1n) is 10.8. The highest BCUT2D eigenvalue weighted by atomic mass is 16.7. The number of carbonyl (C=O) groups is 6. The summed E-state index contributed by atoms with van der Waals surface area (Å²) >= 11 is 0. The monoisotopic (exact) mass is 524 g/mol. The van der Waals surface area contributed by atoms with Crippen LogP contribution in [-0.4, -0.2) is 55.8 Å². The second kappa shape index (κ2) is 16.1. The molecule has 0 saturated heterocycles. The predicted molar refractivity (Wildman–Crippen MR) is 114 cm³/mol. The summed E-state index contributed by atoms with van der Waals surface area (Å²) in [6, 6.07) is 6.49. The first-order valence-corrected chi connectivity index (χ1v) is 10.8. The zero-order chi connectivity index (χ0) is 26.9. The first kappa shape index (κ1) is 28.6. The van der Waals surface area contributed by atoms with Gasteiger partial charge in [-0.15, -0.1) is 0 Å². The third kappa shape index (κ3) is 13.2. The third-order valence-electron chi connectivity index (χ3n) is 4.12. The van der Waals surface area contributed by atoms with Crippen LogP contribution < -0.4 is 0 Å². The highest BCUT2D eigenvalue weighted by molar-refractivity contribution is 5.81. The van der Waals surface area contributed by atoms with E-state index in [1.54, 1.807) is 24.3 Å². The minimum absolute atomic E-state index is 0.0765. The molecule has 0 aliphatic rings. The number of esters is 6. The van der Waals surface area contributed by atoms with Gasteiger partial charge in [0.05, 0.1) is 38.2 Å². The lowest BCUT2D eigenvalue weighted by Gasteiger charge is -2.08. The molecule has 2 aromatic heterocycles. The van der Waals surface area contributed by atoms with Gasteiger partial charge in [0.25, 0.3) is 0 Å². The van der Waals surface area contributed by atoms with Crippen LogP contribution in [0.5, 0.6) is 0 Å². The molecule has 0 aromatic carbocycles. The lowest BCUT2D eigenvalue weighted by molar-refractivity contribution is -0.177. The molecule has 2 rings (SSSR count). The quantitative estimate of drug-likeness (QED) is 0.174. The lowest BCUT2D eigenvalue weighted by Crippen LogP contribution is -2.22. The zero-order valence-electron chi connectivity index (χ0n) is 19.5. The molecule has 0 amide bonds. The molecule has 14 heteroatoms. The van der Waals surface area contributed by atoms with Crippen LogP contribution in [-0.2, 0) is 70.4 Å². The second-order valence-electron chi connectivity index (χ2n) is 6.95. The van der Waals surface area contributed by atoms with Gasteiger partial charge in [0.1, 0.15) is 24.7 Å². The van der Waals surface area contributed by atoms with E-state index in [4.69, 9.17) is 18.3 Å². The van der Waals surface area contributed by atoms with Crippen LogP contribution in [0.2, 0.25) is 0 Å². The predicted octanol–water partition coefficient (Wildman–Crippen LogP) is 1.35. The van der Waals surface area contributed by atoms with Gasteiger partial charge in [-0.05, 0) is 24.3 Å². The van der Waals surface area contributed by atoms with E-state index >= 15 is 0 Å². The normalized spacial score (nSPS) is 10.2. The Balaban J connectivity index is 1.44. The van der Waals surface area contributed by atoms with Crippen molar-refractivity contribution < 1.29 is 66.0 Å². The minimum atomic E-state index is -1.02. The molecule has 0 spiro atoms. The fourth-order valence-corrected chi connectivity index (χ4v) is 2.31. The Hall–Kier alpha value is -4.62. The van der Waals surface area contributed by atoms with Crippen molar-refractivity contribution in [3.63, 3.8) is 0 Å². The van der Waals surface area contributed by atoms with Gasteiger partial charge in [0.2, 0.25) is 6.79 Å². The summed E-state index contributed by atoms with van der Waals surface area (Å²) in [7, 11) is 0. The van der Waals surface area contributed by atoms with Crippen molar-refractivity contribution in [2.45, 2.75) is 38.9 Å². The summed E-state index contributed by atoms with van der Waals surface area (Å²) in [5.41, 5.74) is 0. The summed E-state index contributed by atoms with van der Waals surface area (Å²) in [6.45, 7) is -2.52. The van der Waals surface area contributed by atoms with Crippen molar-refractivity contribution in [1.82, 2.24) is 0 Å². The number of ether oxygens (including phenoxy) is 6. The molecule has 37 heavy (non-hydrogen) atoms. The maximum atomic E-state index is 11.6. The Bertz CT molecular complexity index is 940. The van der Waals surface area contributed by atoms with Crippen LogP contribution in [0.15, 0.2) is 45.6 Å². The Morgan fingerprint density at radius 1 is 0.514 bits per heavy atom. The van der Waals surface area contributed by atoms with Gasteiger partial charge >= 0.3 is 35.8 Å². The van der Waals surface area contributed by atoms with E-state index in [9.17, 15) is 28.8 Å². The standard InChI is InChI=1S/C23H24O14/c24-18(32-11-16-3-1-9-30-16)5-7-20(26)34-13-22(28)36-15-37-23(29)14-35-21(27)8-6-19(25)33-12-17-4-2-10-31-17/h1-4,9-10H,5-8,11-15H2. The fraction of sp³-hybridized carbons (Fsp3) is 0.391. The molecule has 0 N–H and O–H groups in total. The largest absolute Gasteiger partial charge is 0.466 e. The van der Waals surface area contributed by atoms with Crippen LogP contribution in [0.3, 0.4) is 0 Å². The van der Waals surface area contributed by atoms with Crippen molar-refractivity contribution in [3.05, 3.63) is 48.3 Å². The molecule has 0 bridgehead atoms. The van der Waals surface area contributed by atoms with E-state index in [1.165, 1.54) is 12.5 Å². The number of hydrogen-bond acceptors (Lipinski definition) is 14. The van der Waals surface area contributed by atoms with E-state index < -0.39 is 55.8 Å². The topological polar surface area (TPSA) is 184 Å². The Morgan fingerprint density at radius 2 is 0.892 bits per heavy atom. The van der Waals surface area contributed by atoms with Gasteiger partial charge < -0.3 is 37.3 Å². The number of carbonyl (C=O) groups excluding carboxylic acids is 6. The number of hydrogen-bond donors (Lipinski definition) is 0. The molecule has 0 radical (unpaired) electrons. The highest BCUT2D eigenvalue weighted by Crippen LogP contribution is 2.05. The smallest absolute Gasteiger partial charge is 0.347 e. The molecule has 2 aromatic rings. The summed E-state index contributed by atoms with van der Waals surface area (Å²) < 4.78 is 38.1. The molecule has 0 saturated carbocycles.